The van der Waals surface area contributed by atoms with Crippen molar-refractivity contribution in [1.82, 2.24) is 40.3 Å². The maximum absolute atomic E-state index is 4.81. The summed E-state index contributed by atoms with van der Waals surface area (Å²) in [5.41, 5.74) is 7.90. The van der Waals surface area contributed by atoms with Gasteiger partial charge >= 0.3 is 0 Å². The molecule has 6 aromatic rings. The van der Waals surface area contributed by atoms with E-state index in [2.05, 4.69) is 41.4 Å². The SMILES string of the molecule is c1cncc(-c2nccc3[nH]c(-c4n[nH]c5ccc(-c6cn[nH]c6)nc45)cc23)c1. The standard InChI is InChI=1S/C21H14N8/c1-2-12(9-22-6-1)19-14-8-18(26-16(14)5-7-23-19)21-20-17(28-29-21)4-3-15(27-20)13-10-24-25-11-13/h1-11,26H,(H,24,25)(H,28,29). The topological polar surface area (TPSA) is 112 Å². The molecule has 0 saturated heterocycles. The highest BCUT2D eigenvalue weighted by Gasteiger charge is 2.16. The second-order valence-electron chi connectivity index (χ2n) is 6.70. The predicted molar refractivity (Wildman–Crippen MR) is 110 cm³/mol. The van der Waals surface area contributed by atoms with Gasteiger partial charge < -0.3 is 4.98 Å². The van der Waals surface area contributed by atoms with Gasteiger partial charge in [0.1, 0.15) is 11.2 Å². The molecular formula is C21H14N8. The van der Waals surface area contributed by atoms with Gasteiger partial charge in [0, 0.05) is 46.8 Å². The Balaban J connectivity index is 1.54. The lowest BCUT2D eigenvalue weighted by Crippen LogP contribution is -1.84. The molecule has 0 aliphatic rings. The van der Waals surface area contributed by atoms with Crippen LogP contribution in [0.1, 0.15) is 0 Å². The minimum atomic E-state index is 0.763. The molecule has 6 heterocycles. The number of H-pyrrole nitrogens is 3. The molecule has 6 rings (SSSR count). The molecule has 138 valence electrons. The zero-order valence-corrected chi connectivity index (χ0v) is 15.1. The summed E-state index contributed by atoms with van der Waals surface area (Å²) in [6.07, 6.45) is 8.94. The van der Waals surface area contributed by atoms with E-state index in [4.69, 9.17) is 4.98 Å². The van der Waals surface area contributed by atoms with Crippen LogP contribution in [0.25, 0.3) is 55.8 Å². The second kappa shape index (κ2) is 6.10. The van der Waals surface area contributed by atoms with Crippen molar-refractivity contribution in [1.29, 1.82) is 0 Å². The Morgan fingerprint density at radius 3 is 2.72 bits per heavy atom. The van der Waals surface area contributed by atoms with Gasteiger partial charge in [-0.3, -0.25) is 20.2 Å². The lowest BCUT2D eigenvalue weighted by atomic mass is 10.1. The van der Waals surface area contributed by atoms with Crippen LogP contribution < -0.4 is 0 Å². The van der Waals surface area contributed by atoms with E-state index >= 15 is 0 Å². The van der Waals surface area contributed by atoms with E-state index in [9.17, 15) is 0 Å². The molecule has 0 radical (unpaired) electrons. The summed E-state index contributed by atoms with van der Waals surface area (Å²) in [6.45, 7) is 0. The molecule has 0 aliphatic carbocycles. The van der Waals surface area contributed by atoms with Crippen molar-refractivity contribution < 1.29 is 0 Å². The summed E-state index contributed by atoms with van der Waals surface area (Å²) in [7, 11) is 0. The van der Waals surface area contributed by atoms with Crippen molar-refractivity contribution in [2.45, 2.75) is 0 Å². The van der Waals surface area contributed by atoms with E-state index in [1.165, 1.54) is 0 Å². The molecule has 8 nitrogen and oxygen atoms in total. The summed E-state index contributed by atoms with van der Waals surface area (Å²) in [6, 6.07) is 11.9. The first-order valence-electron chi connectivity index (χ1n) is 9.09. The van der Waals surface area contributed by atoms with Gasteiger partial charge in [-0.2, -0.15) is 10.2 Å². The van der Waals surface area contributed by atoms with Gasteiger partial charge in [-0.25, -0.2) is 4.98 Å². The minimum Gasteiger partial charge on any atom is -0.353 e. The minimum absolute atomic E-state index is 0.763. The Hall–Kier alpha value is -4.33. The van der Waals surface area contributed by atoms with Crippen molar-refractivity contribution >= 4 is 21.9 Å². The average molecular weight is 378 g/mol. The smallest absolute Gasteiger partial charge is 0.135 e. The Morgan fingerprint density at radius 1 is 0.862 bits per heavy atom. The number of aromatic nitrogens is 8. The fourth-order valence-electron chi connectivity index (χ4n) is 3.55. The third kappa shape index (κ3) is 2.50. The third-order valence-corrected chi connectivity index (χ3v) is 4.94. The van der Waals surface area contributed by atoms with Gasteiger partial charge in [0.15, 0.2) is 0 Å². The molecule has 0 fully saturated rings. The van der Waals surface area contributed by atoms with Crippen LogP contribution in [0.15, 0.2) is 67.4 Å². The normalized spacial score (nSPS) is 11.4. The first-order chi connectivity index (χ1) is 14.4. The maximum atomic E-state index is 4.81. The fourth-order valence-corrected chi connectivity index (χ4v) is 3.55. The number of fused-ring (bicyclic) bond motifs is 2. The second-order valence-corrected chi connectivity index (χ2v) is 6.70. The number of nitrogens with zero attached hydrogens (tertiary/aromatic N) is 5. The van der Waals surface area contributed by atoms with Crippen LogP contribution >= 0.6 is 0 Å². The highest BCUT2D eigenvalue weighted by atomic mass is 15.1. The first-order valence-corrected chi connectivity index (χ1v) is 9.09. The van der Waals surface area contributed by atoms with E-state index < -0.39 is 0 Å². The summed E-state index contributed by atoms with van der Waals surface area (Å²) in [5, 5.41) is 15.4. The van der Waals surface area contributed by atoms with Crippen LogP contribution in [0, 0.1) is 0 Å². The molecule has 8 heteroatoms. The number of nitrogens with one attached hydrogen (secondary N) is 3. The quantitative estimate of drug-likeness (QED) is 0.432. The van der Waals surface area contributed by atoms with Crippen molar-refractivity contribution in [2.24, 2.45) is 0 Å². The van der Waals surface area contributed by atoms with Crippen LogP contribution in [0.3, 0.4) is 0 Å². The van der Waals surface area contributed by atoms with Crippen LogP contribution in [0.5, 0.6) is 0 Å². The van der Waals surface area contributed by atoms with Crippen molar-refractivity contribution in [3.05, 3.63) is 67.4 Å². The number of rotatable bonds is 3. The molecule has 0 saturated carbocycles. The van der Waals surface area contributed by atoms with Gasteiger partial charge in [-0.15, -0.1) is 0 Å². The van der Waals surface area contributed by atoms with Gasteiger partial charge in [-0.1, -0.05) is 0 Å². The van der Waals surface area contributed by atoms with Gasteiger partial charge in [0.05, 0.1) is 28.8 Å². The Bertz CT molecular complexity index is 1440. The molecular weight excluding hydrogens is 364 g/mol. The molecule has 0 aliphatic heterocycles. The molecule has 0 unspecified atom stereocenters. The molecule has 0 bridgehead atoms. The van der Waals surface area contributed by atoms with E-state index in [0.717, 1.165) is 55.8 Å². The number of pyridine rings is 3. The largest absolute Gasteiger partial charge is 0.353 e. The van der Waals surface area contributed by atoms with E-state index in [1.54, 1.807) is 18.6 Å². The molecule has 6 aromatic heterocycles. The van der Waals surface area contributed by atoms with E-state index in [0.29, 0.717) is 0 Å². The molecule has 0 aromatic carbocycles. The van der Waals surface area contributed by atoms with E-state index in [-0.39, 0.29) is 0 Å². The maximum Gasteiger partial charge on any atom is 0.135 e. The fraction of sp³-hybridized carbons (Fsp3) is 0. The summed E-state index contributed by atoms with van der Waals surface area (Å²) in [5.74, 6) is 0. The van der Waals surface area contributed by atoms with Crippen LogP contribution in [-0.4, -0.2) is 40.3 Å². The molecule has 0 spiro atoms. The lowest BCUT2D eigenvalue weighted by Gasteiger charge is -2.00. The third-order valence-electron chi connectivity index (χ3n) is 4.94. The Kier molecular flexibility index (Phi) is 3.30. The Morgan fingerprint density at radius 2 is 1.86 bits per heavy atom. The van der Waals surface area contributed by atoms with Crippen molar-refractivity contribution in [3.63, 3.8) is 0 Å². The van der Waals surface area contributed by atoms with Gasteiger partial charge in [0.2, 0.25) is 0 Å². The highest BCUT2D eigenvalue weighted by molar-refractivity contribution is 5.99. The van der Waals surface area contributed by atoms with Gasteiger partial charge in [0.25, 0.3) is 0 Å². The molecule has 3 N–H and O–H groups in total. The van der Waals surface area contributed by atoms with Crippen LogP contribution in [0.2, 0.25) is 0 Å². The average Bonchev–Trinajstić information content (AvgIpc) is 3.52. The van der Waals surface area contributed by atoms with Crippen molar-refractivity contribution in [3.8, 4) is 33.9 Å². The van der Waals surface area contributed by atoms with Gasteiger partial charge in [-0.05, 0) is 36.4 Å². The monoisotopic (exact) mass is 378 g/mol. The number of hydrogen-bond acceptors (Lipinski definition) is 5. The van der Waals surface area contributed by atoms with Crippen molar-refractivity contribution in [2.75, 3.05) is 0 Å². The molecule has 0 amide bonds. The highest BCUT2D eigenvalue weighted by Crippen LogP contribution is 2.32. The Labute approximate surface area is 164 Å². The summed E-state index contributed by atoms with van der Waals surface area (Å²) >= 11 is 0. The molecule has 29 heavy (non-hydrogen) atoms. The van der Waals surface area contributed by atoms with E-state index in [1.807, 2.05) is 42.7 Å². The summed E-state index contributed by atoms with van der Waals surface area (Å²) < 4.78 is 0. The first kappa shape index (κ1) is 15.7. The molecule has 0 atom stereocenters. The predicted octanol–water partition coefficient (Wildman–Crippen LogP) is 3.95. The zero-order valence-electron chi connectivity index (χ0n) is 15.1. The summed E-state index contributed by atoms with van der Waals surface area (Å²) in [4.78, 5) is 17.0. The zero-order chi connectivity index (χ0) is 19.2. The number of aromatic amines is 3. The lowest BCUT2D eigenvalue weighted by molar-refractivity contribution is 1.09. The number of hydrogen-bond donors (Lipinski definition) is 3. The van der Waals surface area contributed by atoms with Crippen LogP contribution in [-0.2, 0) is 0 Å². The van der Waals surface area contributed by atoms with Crippen LogP contribution in [0.4, 0.5) is 0 Å².